The van der Waals surface area contributed by atoms with Gasteiger partial charge in [-0.3, -0.25) is 4.99 Å². The number of rotatable bonds is 6. The summed E-state index contributed by atoms with van der Waals surface area (Å²) in [5.41, 5.74) is 3.44. The van der Waals surface area contributed by atoms with E-state index < -0.39 is 22.0 Å². The second kappa shape index (κ2) is 9.03. The number of carbonyl (C=O) groups is 1. The molecule has 0 bridgehead atoms. The third-order valence-corrected chi connectivity index (χ3v) is 7.41. The minimum absolute atomic E-state index is 0.180. The Hall–Kier alpha value is -3.71. The lowest BCUT2D eigenvalue weighted by atomic mass is 10.0. The fourth-order valence-electron chi connectivity index (χ4n) is 3.76. The van der Waals surface area contributed by atoms with Gasteiger partial charge in [-0.15, -0.1) is 0 Å². The molecule has 1 unspecified atom stereocenters. The van der Waals surface area contributed by atoms with E-state index in [2.05, 4.69) is 11.6 Å². The van der Waals surface area contributed by atoms with Crippen LogP contribution in [0.4, 0.5) is 0 Å². The Morgan fingerprint density at radius 2 is 1.61 bits per heavy atom. The van der Waals surface area contributed by atoms with Crippen molar-refractivity contribution < 1.29 is 17.9 Å². The van der Waals surface area contributed by atoms with Gasteiger partial charge in [0.25, 0.3) is 10.0 Å². The molecular formula is C26H24N2O4S. The molecule has 0 radical (unpaired) electrons. The Morgan fingerprint density at radius 1 is 0.970 bits per heavy atom. The van der Waals surface area contributed by atoms with Gasteiger partial charge in [-0.25, -0.2) is 17.5 Å². The maximum Gasteiger partial charge on any atom is 0.337 e. The van der Waals surface area contributed by atoms with Gasteiger partial charge in [-0.2, -0.15) is 0 Å². The number of aryl methyl sites for hydroxylation is 1. The topological polar surface area (TPSA) is 76.0 Å². The van der Waals surface area contributed by atoms with Crippen LogP contribution < -0.4 is 0 Å². The number of carbonyl (C=O) groups excluding carboxylic acids is 1. The number of esters is 1. The first-order valence-corrected chi connectivity index (χ1v) is 11.9. The highest BCUT2D eigenvalue weighted by Crippen LogP contribution is 2.32. The third kappa shape index (κ3) is 4.32. The molecule has 7 heteroatoms. The van der Waals surface area contributed by atoms with Crippen LogP contribution in [-0.4, -0.2) is 44.2 Å². The van der Waals surface area contributed by atoms with E-state index in [1.807, 2.05) is 37.3 Å². The van der Waals surface area contributed by atoms with Crippen molar-refractivity contribution in [2.24, 2.45) is 4.99 Å². The maximum absolute atomic E-state index is 13.8. The molecule has 0 saturated heterocycles. The third-order valence-electron chi connectivity index (χ3n) is 5.59. The Morgan fingerprint density at radius 3 is 2.21 bits per heavy atom. The van der Waals surface area contributed by atoms with Crippen molar-refractivity contribution in [3.8, 4) is 0 Å². The van der Waals surface area contributed by atoms with Crippen LogP contribution in [0.25, 0.3) is 5.57 Å². The predicted octanol–water partition coefficient (Wildman–Crippen LogP) is 4.31. The number of sulfonamides is 1. The summed E-state index contributed by atoms with van der Waals surface area (Å²) < 4.78 is 33.8. The van der Waals surface area contributed by atoms with E-state index in [1.54, 1.807) is 48.5 Å². The molecule has 168 valence electrons. The van der Waals surface area contributed by atoms with Crippen molar-refractivity contribution >= 4 is 27.4 Å². The van der Waals surface area contributed by atoms with Crippen LogP contribution in [0.5, 0.6) is 0 Å². The van der Waals surface area contributed by atoms with Gasteiger partial charge >= 0.3 is 5.97 Å². The average molecular weight is 461 g/mol. The van der Waals surface area contributed by atoms with Crippen LogP contribution in [0.1, 0.15) is 27.0 Å². The largest absolute Gasteiger partial charge is 0.465 e. The maximum atomic E-state index is 13.8. The minimum atomic E-state index is -3.94. The highest BCUT2D eigenvalue weighted by atomic mass is 32.2. The molecular weight excluding hydrogens is 436 g/mol. The molecule has 0 saturated carbocycles. The van der Waals surface area contributed by atoms with E-state index in [0.29, 0.717) is 22.5 Å². The molecule has 0 spiro atoms. The number of hydrogen-bond acceptors (Lipinski definition) is 5. The second-order valence-corrected chi connectivity index (χ2v) is 9.57. The molecule has 1 atom stereocenters. The van der Waals surface area contributed by atoms with Crippen LogP contribution in [-0.2, 0) is 14.8 Å². The molecule has 0 amide bonds. The lowest BCUT2D eigenvalue weighted by Gasteiger charge is -2.29. The Balaban J connectivity index is 1.78. The summed E-state index contributed by atoms with van der Waals surface area (Å²) in [6, 6.07) is 22.2. The first-order chi connectivity index (χ1) is 15.8. The SMILES string of the molecule is C=C(c1ccccc1)C1CN=C(c2ccc(C(=O)OC)cc2)N1S(=O)(=O)c1ccc(C)cc1. The molecule has 0 N–H and O–H groups in total. The highest BCUT2D eigenvalue weighted by Gasteiger charge is 2.40. The molecule has 3 aromatic rings. The highest BCUT2D eigenvalue weighted by molar-refractivity contribution is 7.89. The zero-order chi connectivity index (χ0) is 23.6. The van der Waals surface area contributed by atoms with Gasteiger partial charge in [0.05, 0.1) is 30.2 Å². The summed E-state index contributed by atoms with van der Waals surface area (Å²) in [6.45, 7) is 6.36. The first-order valence-electron chi connectivity index (χ1n) is 10.4. The lowest BCUT2D eigenvalue weighted by molar-refractivity contribution is 0.0600. The summed E-state index contributed by atoms with van der Waals surface area (Å²) >= 11 is 0. The van der Waals surface area contributed by atoms with E-state index in [1.165, 1.54) is 11.4 Å². The molecule has 1 aliphatic rings. The van der Waals surface area contributed by atoms with Crippen molar-refractivity contribution in [1.29, 1.82) is 0 Å². The van der Waals surface area contributed by atoms with Crippen LogP contribution in [0.3, 0.4) is 0 Å². The molecule has 6 nitrogen and oxygen atoms in total. The number of nitrogens with zero attached hydrogens (tertiary/aromatic N) is 2. The Kier molecular flexibility index (Phi) is 6.16. The summed E-state index contributed by atoms with van der Waals surface area (Å²) in [6.07, 6.45) is 0. The smallest absolute Gasteiger partial charge is 0.337 e. The van der Waals surface area contributed by atoms with Gasteiger partial charge < -0.3 is 4.74 Å². The summed E-state index contributed by atoms with van der Waals surface area (Å²) in [5.74, 6) is -0.150. The van der Waals surface area contributed by atoms with Crippen LogP contribution in [0.15, 0.2) is 95.3 Å². The van der Waals surface area contributed by atoms with E-state index >= 15 is 0 Å². The monoisotopic (exact) mass is 460 g/mol. The molecule has 1 heterocycles. The molecule has 0 aliphatic carbocycles. The van der Waals surface area contributed by atoms with Crippen LogP contribution in [0.2, 0.25) is 0 Å². The van der Waals surface area contributed by atoms with Crippen molar-refractivity contribution in [3.63, 3.8) is 0 Å². The number of hydrogen-bond donors (Lipinski definition) is 0. The van der Waals surface area contributed by atoms with Crippen molar-refractivity contribution in [3.05, 3.63) is 108 Å². The fraction of sp³-hybridized carbons (Fsp3) is 0.154. The second-order valence-electron chi connectivity index (χ2n) is 7.75. The predicted molar refractivity (Wildman–Crippen MR) is 129 cm³/mol. The molecule has 0 aromatic heterocycles. The minimum Gasteiger partial charge on any atom is -0.465 e. The van der Waals surface area contributed by atoms with Crippen LogP contribution >= 0.6 is 0 Å². The standard InChI is InChI=1S/C26H24N2O4S/c1-18-9-15-23(16-10-18)33(30,31)28-24(19(2)20-7-5-4-6-8-20)17-27-25(28)21-11-13-22(14-12-21)26(29)32-3/h4-16,24H,2,17H2,1,3H3. The quantitative estimate of drug-likeness (QED) is 0.514. The summed E-state index contributed by atoms with van der Waals surface area (Å²) in [7, 11) is -2.62. The first kappa shape index (κ1) is 22.5. The Labute approximate surface area is 193 Å². The van der Waals surface area contributed by atoms with Gasteiger partial charge in [0.2, 0.25) is 0 Å². The van der Waals surface area contributed by atoms with E-state index in [4.69, 9.17) is 4.74 Å². The van der Waals surface area contributed by atoms with Gasteiger partial charge in [-0.1, -0.05) is 66.7 Å². The van der Waals surface area contributed by atoms with Gasteiger partial charge in [-0.05, 0) is 42.3 Å². The molecule has 1 aliphatic heterocycles. The number of ether oxygens (including phenoxy) is 1. The summed E-state index contributed by atoms with van der Waals surface area (Å²) in [5, 5.41) is 0. The molecule has 0 fully saturated rings. The van der Waals surface area contributed by atoms with E-state index in [-0.39, 0.29) is 11.4 Å². The summed E-state index contributed by atoms with van der Waals surface area (Å²) in [4.78, 5) is 16.6. The number of aliphatic imine (C=N–C) groups is 1. The molecule has 33 heavy (non-hydrogen) atoms. The Bertz CT molecular complexity index is 1310. The normalized spacial score (nSPS) is 15.8. The zero-order valence-electron chi connectivity index (χ0n) is 18.4. The molecule has 4 rings (SSSR count). The van der Waals surface area contributed by atoms with Crippen molar-refractivity contribution in [1.82, 2.24) is 4.31 Å². The lowest BCUT2D eigenvalue weighted by Crippen LogP contribution is -2.42. The average Bonchev–Trinajstić information content (AvgIpc) is 3.30. The van der Waals surface area contributed by atoms with E-state index in [9.17, 15) is 13.2 Å². The van der Waals surface area contributed by atoms with E-state index in [0.717, 1.165) is 11.1 Å². The van der Waals surface area contributed by atoms with Gasteiger partial charge in [0, 0.05) is 5.56 Å². The van der Waals surface area contributed by atoms with Crippen LogP contribution in [0, 0.1) is 6.92 Å². The number of methoxy groups -OCH3 is 1. The van der Waals surface area contributed by atoms with Gasteiger partial charge in [0.1, 0.15) is 5.84 Å². The van der Waals surface area contributed by atoms with Crippen molar-refractivity contribution in [2.45, 2.75) is 17.9 Å². The number of benzene rings is 3. The molecule has 3 aromatic carbocycles. The number of amidine groups is 1. The zero-order valence-corrected chi connectivity index (χ0v) is 19.2. The van der Waals surface area contributed by atoms with Crippen molar-refractivity contribution in [2.75, 3.05) is 13.7 Å². The fourth-order valence-corrected chi connectivity index (χ4v) is 5.38. The van der Waals surface area contributed by atoms with Gasteiger partial charge in [0.15, 0.2) is 0 Å².